The minimum absolute atomic E-state index is 0.0386. The van der Waals surface area contributed by atoms with Crippen LogP contribution in [0.25, 0.3) is 32.8 Å². The van der Waals surface area contributed by atoms with Gasteiger partial charge in [0.1, 0.15) is 35.7 Å². The van der Waals surface area contributed by atoms with Crippen molar-refractivity contribution in [3.8, 4) is 22.9 Å². The Morgan fingerprint density at radius 1 is 1.13 bits per heavy atom. The van der Waals surface area contributed by atoms with Crippen LogP contribution in [-0.2, 0) is 0 Å². The molecule has 3 aromatic carbocycles. The summed E-state index contributed by atoms with van der Waals surface area (Å²) < 4.78 is 55.8. The molecule has 242 valence electrons. The zero-order valence-electron chi connectivity index (χ0n) is 25.5. The number of ether oxygens (including phenoxy) is 1. The fourth-order valence-corrected chi connectivity index (χ4v) is 9.53. The minimum atomic E-state index is -0.957. The van der Waals surface area contributed by atoms with Crippen LogP contribution in [0.4, 0.5) is 19.0 Å². The number of aliphatic hydroxyl groups is 1. The fraction of sp³-hybridized carbons (Fsp3) is 0.471. The van der Waals surface area contributed by atoms with Crippen LogP contribution in [0.15, 0.2) is 36.4 Å². The van der Waals surface area contributed by atoms with E-state index in [4.69, 9.17) is 9.72 Å². The van der Waals surface area contributed by atoms with Gasteiger partial charge in [0.25, 0.3) is 0 Å². The second-order valence-corrected chi connectivity index (χ2v) is 14.9. The largest absolute Gasteiger partial charge is 0.508 e. The van der Waals surface area contributed by atoms with Crippen molar-refractivity contribution < 1.29 is 28.1 Å². The number of halogens is 3. The molecule has 12 heteroatoms. The zero-order valence-corrected chi connectivity index (χ0v) is 26.3. The van der Waals surface area contributed by atoms with Crippen LogP contribution < -0.4 is 15.0 Å². The number of phenolic OH excluding ortho intramolecular Hbond substituents is 1. The third-order valence-corrected chi connectivity index (χ3v) is 11.4. The van der Waals surface area contributed by atoms with Crippen LogP contribution in [0.1, 0.15) is 50.7 Å². The second kappa shape index (κ2) is 11.4. The molecule has 4 saturated heterocycles. The number of aromatic hydroxyl groups is 1. The number of hydrogen-bond donors (Lipinski definition) is 3. The van der Waals surface area contributed by atoms with Crippen LogP contribution in [0.3, 0.4) is 0 Å². The Morgan fingerprint density at radius 2 is 1.93 bits per heavy atom. The predicted molar refractivity (Wildman–Crippen MR) is 173 cm³/mol. The van der Waals surface area contributed by atoms with Gasteiger partial charge in [-0.3, -0.25) is 0 Å². The molecule has 4 aromatic rings. The molecule has 5 heterocycles. The van der Waals surface area contributed by atoms with Crippen molar-refractivity contribution in [2.75, 3.05) is 37.7 Å². The summed E-state index contributed by atoms with van der Waals surface area (Å²) in [6.07, 6.45) is 2.22. The molecule has 8 rings (SSSR count). The number of benzene rings is 3. The topological polar surface area (TPSA) is 94.0 Å². The first-order valence-corrected chi connectivity index (χ1v) is 16.8. The Balaban J connectivity index is 1.28. The van der Waals surface area contributed by atoms with Gasteiger partial charge in [0.05, 0.1) is 16.4 Å². The zero-order chi connectivity index (χ0) is 31.7. The van der Waals surface area contributed by atoms with Crippen molar-refractivity contribution in [1.29, 1.82) is 0 Å². The van der Waals surface area contributed by atoms with Crippen molar-refractivity contribution in [3.63, 3.8) is 0 Å². The van der Waals surface area contributed by atoms with Gasteiger partial charge in [0.2, 0.25) is 0 Å². The number of nitrogens with one attached hydrogen (secondary N) is 1. The molecular weight excluding hydrogens is 615 g/mol. The molecule has 6 atom stereocenters. The normalized spacial score (nSPS) is 28.2. The highest BCUT2D eigenvalue weighted by molar-refractivity contribution is 7.98. The number of phenols is 1. The van der Waals surface area contributed by atoms with E-state index in [-0.39, 0.29) is 52.5 Å². The fourth-order valence-electron chi connectivity index (χ4n) is 7.92. The summed E-state index contributed by atoms with van der Waals surface area (Å²) in [7, 11) is 0. The summed E-state index contributed by atoms with van der Waals surface area (Å²) >= 11 is 1.63. The number of hydrogen-bond acceptors (Lipinski definition) is 9. The molecule has 4 fully saturated rings. The maximum Gasteiger partial charge on any atom is 0.319 e. The van der Waals surface area contributed by atoms with Crippen LogP contribution in [0, 0.1) is 11.6 Å². The van der Waals surface area contributed by atoms with Crippen LogP contribution >= 0.6 is 11.9 Å². The van der Waals surface area contributed by atoms with Gasteiger partial charge >= 0.3 is 6.01 Å². The number of anilines is 1. The molecule has 4 aliphatic rings. The lowest BCUT2D eigenvalue weighted by Gasteiger charge is -2.46. The highest BCUT2D eigenvalue weighted by Gasteiger charge is 2.44. The summed E-state index contributed by atoms with van der Waals surface area (Å²) in [6.45, 7) is 4.23. The summed E-state index contributed by atoms with van der Waals surface area (Å²) in [5.41, 5.74) is 0.130. The average Bonchev–Trinajstić information content (AvgIpc) is 3.36. The summed E-state index contributed by atoms with van der Waals surface area (Å²) in [6, 6.07) is 9.68. The number of alkyl halides is 1. The highest BCUT2D eigenvalue weighted by atomic mass is 32.2. The van der Waals surface area contributed by atoms with Crippen LogP contribution in [0.2, 0.25) is 0 Å². The molecule has 46 heavy (non-hydrogen) atoms. The van der Waals surface area contributed by atoms with Crippen molar-refractivity contribution in [1.82, 2.24) is 19.6 Å². The Bertz CT molecular complexity index is 1830. The Hall–Kier alpha value is -3.32. The Morgan fingerprint density at radius 3 is 2.72 bits per heavy atom. The number of fused-ring (bicyclic) bond motifs is 6. The third kappa shape index (κ3) is 5.23. The van der Waals surface area contributed by atoms with Gasteiger partial charge in [-0.05, 0) is 79.1 Å². The van der Waals surface area contributed by atoms with E-state index in [1.807, 2.05) is 0 Å². The summed E-state index contributed by atoms with van der Waals surface area (Å²) in [5.74, 6) is -1.50. The molecule has 0 radical (unpaired) electrons. The van der Waals surface area contributed by atoms with Gasteiger partial charge in [-0.25, -0.2) is 17.5 Å². The number of aromatic nitrogens is 2. The van der Waals surface area contributed by atoms with Crippen molar-refractivity contribution >= 4 is 39.4 Å². The molecule has 4 bridgehead atoms. The molecule has 0 aliphatic carbocycles. The first-order chi connectivity index (χ1) is 22.2. The van der Waals surface area contributed by atoms with Crippen LogP contribution in [-0.4, -0.2) is 80.3 Å². The minimum Gasteiger partial charge on any atom is -0.508 e. The molecule has 5 unspecified atom stereocenters. The Kier molecular flexibility index (Phi) is 7.47. The van der Waals surface area contributed by atoms with Gasteiger partial charge in [-0.1, -0.05) is 30.1 Å². The molecule has 0 spiro atoms. The lowest BCUT2D eigenvalue weighted by molar-refractivity contribution is 0.144. The maximum absolute atomic E-state index is 16.9. The highest BCUT2D eigenvalue weighted by Crippen LogP contribution is 2.47. The number of aliphatic hydroxyl groups excluding tert-OH is 1. The molecule has 8 nitrogen and oxygen atoms in total. The van der Waals surface area contributed by atoms with E-state index in [0.717, 1.165) is 32.2 Å². The van der Waals surface area contributed by atoms with Gasteiger partial charge < -0.3 is 25.2 Å². The number of nitrogens with zero attached hydrogens (tertiary/aromatic N) is 4. The van der Waals surface area contributed by atoms with E-state index in [9.17, 15) is 14.6 Å². The van der Waals surface area contributed by atoms with Crippen molar-refractivity contribution in [2.24, 2.45) is 0 Å². The summed E-state index contributed by atoms with van der Waals surface area (Å²) in [4.78, 5) is 11.3. The van der Waals surface area contributed by atoms with Gasteiger partial charge in [-0.2, -0.15) is 9.97 Å². The monoisotopic (exact) mass is 651 g/mol. The number of piperazine rings is 1. The molecule has 3 N–H and O–H groups in total. The van der Waals surface area contributed by atoms with E-state index < -0.39 is 28.7 Å². The van der Waals surface area contributed by atoms with Crippen molar-refractivity contribution in [2.45, 2.75) is 68.1 Å². The molecular formula is C34H36F3N5O3S. The van der Waals surface area contributed by atoms with Crippen molar-refractivity contribution in [3.05, 3.63) is 53.6 Å². The third-order valence-electron chi connectivity index (χ3n) is 9.89. The first kappa shape index (κ1) is 30.0. The van der Waals surface area contributed by atoms with E-state index in [1.165, 1.54) is 18.2 Å². The molecule has 0 amide bonds. The van der Waals surface area contributed by atoms with E-state index >= 15 is 8.78 Å². The van der Waals surface area contributed by atoms with E-state index in [1.54, 1.807) is 37.1 Å². The smallest absolute Gasteiger partial charge is 0.319 e. The van der Waals surface area contributed by atoms with E-state index in [2.05, 4.69) is 19.5 Å². The first-order valence-electron chi connectivity index (χ1n) is 16.0. The quantitative estimate of drug-likeness (QED) is 0.216. The lowest BCUT2D eigenvalue weighted by atomic mass is 9.91. The van der Waals surface area contributed by atoms with E-state index in [0.29, 0.717) is 48.2 Å². The van der Waals surface area contributed by atoms with Gasteiger partial charge in [-0.15, -0.1) is 0 Å². The molecule has 1 aromatic heterocycles. The number of rotatable bonds is 6. The Labute approximate surface area is 269 Å². The molecule has 0 saturated carbocycles. The lowest BCUT2D eigenvalue weighted by Crippen LogP contribution is -2.51. The maximum atomic E-state index is 16.9. The second-order valence-electron chi connectivity index (χ2n) is 13.3. The van der Waals surface area contributed by atoms with Gasteiger partial charge in [0, 0.05) is 43.6 Å². The standard InChI is InChI=1S/C34H36F3N5O3S/c1-18(43)24-5-2-4-19-10-23(44)11-25(28(19)24)29-27(36)12-26-31(30(29)37)39-33(40-32(26)41-15-21-6-7-22(16-41)38-21)45-17-34-8-3-9-42(46-34)14-20(35)13-34/h2,4-5,10-12,18,20-22,38,43-44H,3,6-9,13-17H2,1H3/t18?,20-,21?,22?,34?/m1/s1. The predicted octanol–water partition coefficient (Wildman–Crippen LogP) is 6.03. The SMILES string of the molecule is CC(O)c1cccc2cc(O)cc(-c3c(F)cc4c(N5CC6CCC(C5)N6)nc(OCC56CCCN(C[C@H](F)C5)S6)nc4c3F)c12. The van der Waals surface area contributed by atoms with Gasteiger partial charge in [0.15, 0.2) is 5.82 Å². The average molecular weight is 652 g/mol. The summed E-state index contributed by atoms with van der Waals surface area (Å²) in [5, 5.41) is 25.9. The molecule has 4 aliphatic heterocycles. The van der Waals surface area contributed by atoms with Crippen LogP contribution in [0.5, 0.6) is 11.8 Å².